The van der Waals surface area contributed by atoms with Gasteiger partial charge >= 0.3 is 0 Å². The van der Waals surface area contributed by atoms with E-state index in [-0.39, 0.29) is 0 Å². The number of nitrogens with zero attached hydrogens (tertiary/aromatic N) is 2. The summed E-state index contributed by atoms with van der Waals surface area (Å²) >= 11 is 8.95. The Morgan fingerprint density at radius 3 is 2.59 bits per heavy atom. The van der Waals surface area contributed by atoms with Crippen LogP contribution in [0.3, 0.4) is 0 Å². The van der Waals surface area contributed by atoms with Crippen molar-refractivity contribution in [2.75, 3.05) is 0 Å². The Bertz CT molecular complexity index is 614. The molecule has 0 spiro atoms. The van der Waals surface area contributed by atoms with Crippen molar-refractivity contribution in [1.29, 1.82) is 0 Å². The molecule has 0 amide bonds. The predicted octanol–water partition coefficient (Wildman–Crippen LogP) is 4.59. The molecule has 0 aliphatic rings. The van der Waals surface area contributed by atoms with Crippen LogP contribution < -0.4 is 0 Å². The molecule has 5 heteroatoms. The average Bonchev–Trinajstić information content (AvgIpc) is 3.00. The molecule has 2 heterocycles. The van der Waals surface area contributed by atoms with Gasteiger partial charge in [-0.2, -0.15) is 4.37 Å². The van der Waals surface area contributed by atoms with Crippen molar-refractivity contribution >= 4 is 34.5 Å². The van der Waals surface area contributed by atoms with Gasteiger partial charge in [-0.15, -0.1) is 11.3 Å². The maximum absolute atomic E-state index is 5.85. The van der Waals surface area contributed by atoms with E-state index in [2.05, 4.69) is 15.4 Å². The fourth-order valence-corrected chi connectivity index (χ4v) is 3.03. The molecule has 17 heavy (non-hydrogen) atoms. The molecular formula is C12H7ClN2S2. The van der Waals surface area contributed by atoms with Crippen molar-refractivity contribution in [3.05, 3.63) is 46.8 Å². The molecule has 0 bridgehead atoms. The minimum Gasteiger partial charge on any atom is -0.214 e. The van der Waals surface area contributed by atoms with Crippen LogP contribution in [-0.4, -0.2) is 9.36 Å². The Hall–Kier alpha value is -1.23. The van der Waals surface area contributed by atoms with Crippen molar-refractivity contribution in [3.63, 3.8) is 0 Å². The van der Waals surface area contributed by atoms with Gasteiger partial charge < -0.3 is 0 Å². The lowest BCUT2D eigenvalue weighted by molar-refractivity contribution is 1.33. The smallest absolute Gasteiger partial charge is 0.173 e. The van der Waals surface area contributed by atoms with Crippen LogP contribution in [0.2, 0.25) is 5.02 Å². The summed E-state index contributed by atoms with van der Waals surface area (Å²) in [5, 5.41) is 3.73. The second kappa shape index (κ2) is 4.56. The van der Waals surface area contributed by atoms with Gasteiger partial charge in [0.25, 0.3) is 0 Å². The van der Waals surface area contributed by atoms with Gasteiger partial charge in [0.15, 0.2) is 10.8 Å². The summed E-state index contributed by atoms with van der Waals surface area (Å²) in [4.78, 5) is 5.68. The summed E-state index contributed by atoms with van der Waals surface area (Å²) in [6.07, 6.45) is 0. The Labute approximate surface area is 112 Å². The van der Waals surface area contributed by atoms with Crippen molar-refractivity contribution in [1.82, 2.24) is 9.36 Å². The van der Waals surface area contributed by atoms with Crippen LogP contribution in [0.4, 0.5) is 0 Å². The molecule has 3 aromatic rings. The van der Waals surface area contributed by atoms with Gasteiger partial charge in [-0.3, -0.25) is 0 Å². The molecular weight excluding hydrogens is 272 g/mol. The normalized spacial score (nSPS) is 10.6. The van der Waals surface area contributed by atoms with Crippen LogP contribution in [0.1, 0.15) is 0 Å². The Balaban J connectivity index is 1.98. The van der Waals surface area contributed by atoms with Gasteiger partial charge in [-0.05, 0) is 47.2 Å². The highest BCUT2D eigenvalue weighted by Crippen LogP contribution is 2.29. The molecule has 1 aromatic carbocycles. The van der Waals surface area contributed by atoms with Crippen LogP contribution in [-0.2, 0) is 0 Å². The van der Waals surface area contributed by atoms with E-state index in [0.717, 1.165) is 26.3 Å². The second-order valence-electron chi connectivity index (χ2n) is 3.41. The molecule has 0 unspecified atom stereocenters. The third kappa shape index (κ3) is 2.24. The molecule has 0 saturated carbocycles. The number of benzene rings is 1. The number of aromatic nitrogens is 2. The second-order valence-corrected chi connectivity index (χ2v) is 5.54. The van der Waals surface area contributed by atoms with Crippen molar-refractivity contribution in [3.8, 4) is 21.3 Å². The number of hydrogen-bond acceptors (Lipinski definition) is 4. The lowest BCUT2D eigenvalue weighted by atomic mass is 10.2. The SMILES string of the molecule is Clc1ccc(-c2nsc(-c3cccs3)n2)cc1. The first-order chi connectivity index (χ1) is 8.33. The number of halogens is 1. The highest BCUT2D eigenvalue weighted by Gasteiger charge is 2.08. The maximum atomic E-state index is 5.85. The largest absolute Gasteiger partial charge is 0.214 e. The van der Waals surface area contributed by atoms with Gasteiger partial charge in [-0.1, -0.05) is 17.7 Å². The maximum Gasteiger partial charge on any atom is 0.173 e. The molecule has 3 rings (SSSR count). The predicted molar refractivity (Wildman–Crippen MR) is 73.7 cm³/mol. The summed E-state index contributed by atoms with van der Waals surface area (Å²) in [5.74, 6) is 0.759. The fraction of sp³-hybridized carbons (Fsp3) is 0. The number of hydrogen-bond donors (Lipinski definition) is 0. The van der Waals surface area contributed by atoms with E-state index in [1.807, 2.05) is 35.7 Å². The van der Waals surface area contributed by atoms with E-state index >= 15 is 0 Å². The summed E-state index contributed by atoms with van der Waals surface area (Å²) in [5.41, 5.74) is 0.994. The molecule has 0 aliphatic carbocycles. The first kappa shape index (κ1) is 10.9. The average molecular weight is 279 g/mol. The first-order valence-corrected chi connectivity index (χ1v) is 6.99. The third-order valence-electron chi connectivity index (χ3n) is 2.26. The summed E-state index contributed by atoms with van der Waals surface area (Å²) in [6, 6.07) is 11.6. The highest BCUT2D eigenvalue weighted by molar-refractivity contribution is 7.18. The first-order valence-electron chi connectivity index (χ1n) is 4.96. The summed E-state index contributed by atoms with van der Waals surface area (Å²) < 4.78 is 4.37. The molecule has 2 aromatic heterocycles. The van der Waals surface area contributed by atoms with Gasteiger partial charge in [0.2, 0.25) is 0 Å². The summed E-state index contributed by atoms with van der Waals surface area (Å²) in [6.45, 7) is 0. The van der Waals surface area contributed by atoms with Crippen molar-refractivity contribution in [2.45, 2.75) is 0 Å². The number of rotatable bonds is 2. The number of thiophene rings is 1. The van der Waals surface area contributed by atoms with Crippen LogP contribution in [0.25, 0.3) is 21.3 Å². The highest BCUT2D eigenvalue weighted by atomic mass is 35.5. The molecule has 0 N–H and O–H groups in total. The monoisotopic (exact) mass is 278 g/mol. The molecule has 0 radical (unpaired) electrons. The topological polar surface area (TPSA) is 25.8 Å². The van der Waals surface area contributed by atoms with Crippen LogP contribution in [0.15, 0.2) is 41.8 Å². The quantitative estimate of drug-likeness (QED) is 0.685. The van der Waals surface area contributed by atoms with Crippen LogP contribution in [0, 0.1) is 0 Å². The van der Waals surface area contributed by atoms with E-state index in [0.29, 0.717) is 0 Å². The van der Waals surface area contributed by atoms with Crippen molar-refractivity contribution in [2.24, 2.45) is 0 Å². The minimum atomic E-state index is 0.724. The Morgan fingerprint density at radius 2 is 1.88 bits per heavy atom. The molecule has 0 fully saturated rings. The molecule has 84 valence electrons. The van der Waals surface area contributed by atoms with Gasteiger partial charge in [0.05, 0.1) is 4.88 Å². The van der Waals surface area contributed by atoms with E-state index < -0.39 is 0 Å². The van der Waals surface area contributed by atoms with E-state index in [1.165, 1.54) is 11.5 Å². The molecule has 0 atom stereocenters. The van der Waals surface area contributed by atoms with E-state index in [1.54, 1.807) is 11.3 Å². The molecule has 0 aliphatic heterocycles. The fourth-order valence-electron chi connectivity index (χ4n) is 1.44. The third-order valence-corrected chi connectivity index (χ3v) is 4.27. The van der Waals surface area contributed by atoms with E-state index in [9.17, 15) is 0 Å². The Kier molecular flexibility index (Phi) is 2.93. The minimum absolute atomic E-state index is 0.724. The summed E-state index contributed by atoms with van der Waals surface area (Å²) in [7, 11) is 0. The van der Waals surface area contributed by atoms with Gasteiger partial charge in [0, 0.05) is 10.6 Å². The zero-order valence-electron chi connectivity index (χ0n) is 8.63. The van der Waals surface area contributed by atoms with E-state index in [4.69, 9.17) is 11.6 Å². The molecule has 0 saturated heterocycles. The van der Waals surface area contributed by atoms with Crippen molar-refractivity contribution < 1.29 is 0 Å². The standard InChI is InChI=1S/C12H7ClN2S2/c13-9-5-3-8(4-6-9)11-14-12(17-15-11)10-2-1-7-16-10/h1-7H. The zero-order chi connectivity index (χ0) is 11.7. The lowest BCUT2D eigenvalue weighted by Crippen LogP contribution is -1.79. The molecule has 2 nitrogen and oxygen atoms in total. The zero-order valence-corrected chi connectivity index (χ0v) is 11.0. The Morgan fingerprint density at radius 1 is 1.06 bits per heavy atom. The van der Waals surface area contributed by atoms with Crippen LogP contribution >= 0.6 is 34.5 Å². The van der Waals surface area contributed by atoms with Gasteiger partial charge in [-0.25, -0.2) is 4.98 Å². The van der Waals surface area contributed by atoms with Crippen LogP contribution in [0.5, 0.6) is 0 Å². The lowest BCUT2D eigenvalue weighted by Gasteiger charge is -1.94. The van der Waals surface area contributed by atoms with Gasteiger partial charge in [0.1, 0.15) is 0 Å².